The maximum absolute atomic E-state index is 13.7. The molecule has 4 heteroatoms. The van der Waals surface area contributed by atoms with Gasteiger partial charge in [-0.2, -0.15) is 0 Å². The first kappa shape index (κ1) is 11.9. The van der Waals surface area contributed by atoms with Gasteiger partial charge in [-0.3, -0.25) is 0 Å². The second kappa shape index (κ2) is 5.17. The summed E-state index contributed by atoms with van der Waals surface area (Å²) in [6.07, 6.45) is 0.622. The Morgan fingerprint density at radius 3 is 2.75 bits per heavy atom. The third-order valence-corrected chi connectivity index (χ3v) is 3.86. The molecular weight excluding hydrogens is 266 g/mol. The van der Waals surface area contributed by atoms with E-state index in [2.05, 4.69) is 0 Å². The minimum atomic E-state index is -0.416. The maximum atomic E-state index is 13.7. The van der Waals surface area contributed by atoms with Crippen molar-refractivity contribution in [1.82, 2.24) is 0 Å². The van der Waals surface area contributed by atoms with E-state index in [-0.39, 0.29) is 10.4 Å². The second-order valence-electron chi connectivity index (χ2n) is 3.39. The lowest BCUT2D eigenvalue weighted by Crippen LogP contribution is -1.98. The zero-order valence-electron chi connectivity index (χ0n) is 8.29. The van der Waals surface area contributed by atoms with Gasteiger partial charge < -0.3 is 0 Å². The Labute approximate surface area is 108 Å². The zero-order chi connectivity index (χ0) is 11.5. The Hall–Kier alpha value is -0.570. The summed E-state index contributed by atoms with van der Waals surface area (Å²) in [6.45, 7) is 0. The van der Waals surface area contributed by atoms with Gasteiger partial charge in [0.15, 0.2) is 0 Å². The van der Waals surface area contributed by atoms with Gasteiger partial charge in [-0.15, -0.1) is 22.9 Å². The quantitative estimate of drug-likeness (QED) is 0.686. The molecule has 0 aliphatic carbocycles. The molecule has 0 radical (unpaired) electrons. The predicted molar refractivity (Wildman–Crippen MR) is 68.0 cm³/mol. The molecule has 1 heterocycles. The molecule has 1 aromatic heterocycles. The SMILES string of the molecule is Fc1c(Cl)cccc1C(Cl)Cc1cccs1. The van der Waals surface area contributed by atoms with Gasteiger partial charge in [0.1, 0.15) is 5.82 Å². The Morgan fingerprint density at radius 2 is 2.06 bits per heavy atom. The summed E-state index contributed by atoms with van der Waals surface area (Å²) >= 11 is 13.5. The highest BCUT2D eigenvalue weighted by Crippen LogP contribution is 2.31. The normalized spacial score (nSPS) is 12.7. The van der Waals surface area contributed by atoms with Crippen LogP contribution >= 0.6 is 34.5 Å². The van der Waals surface area contributed by atoms with Crippen molar-refractivity contribution in [3.63, 3.8) is 0 Å². The number of halogens is 3. The fourth-order valence-corrected chi connectivity index (χ4v) is 2.84. The molecule has 84 valence electrons. The first-order valence-corrected chi connectivity index (χ1v) is 6.48. The van der Waals surface area contributed by atoms with E-state index in [1.807, 2.05) is 17.5 Å². The van der Waals surface area contributed by atoms with Crippen LogP contribution in [-0.4, -0.2) is 0 Å². The highest BCUT2D eigenvalue weighted by Gasteiger charge is 2.15. The summed E-state index contributed by atoms with van der Waals surface area (Å²) < 4.78 is 13.7. The average molecular weight is 275 g/mol. The molecule has 2 aromatic rings. The van der Waals surface area contributed by atoms with Crippen molar-refractivity contribution in [3.8, 4) is 0 Å². The number of thiophene rings is 1. The van der Waals surface area contributed by atoms with Gasteiger partial charge >= 0.3 is 0 Å². The molecule has 1 aromatic carbocycles. The van der Waals surface area contributed by atoms with Crippen LogP contribution in [0.25, 0.3) is 0 Å². The Balaban J connectivity index is 2.21. The monoisotopic (exact) mass is 274 g/mol. The van der Waals surface area contributed by atoms with Crippen LogP contribution in [0.2, 0.25) is 5.02 Å². The molecule has 0 aliphatic rings. The third kappa shape index (κ3) is 2.57. The van der Waals surface area contributed by atoms with E-state index in [1.54, 1.807) is 23.5 Å². The molecule has 1 unspecified atom stereocenters. The van der Waals surface area contributed by atoms with Crippen LogP contribution in [0.3, 0.4) is 0 Å². The summed E-state index contributed by atoms with van der Waals surface area (Å²) in [7, 11) is 0. The summed E-state index contributed by atoms with van der Waals surface area (Å²) in [5.74, 6) is -0.416. The molecular formula is C12H9Cl2FS. The largest absolute Gasteiger partial charge is 0.205 e. The summed E-state index contributed by atoms with van der Waals surface area (Å²) in [6, 6.07) is 8.85. The standard InChI is InChI=1S/C12H9Cl2FS/c13-10-5-1-4-9(12(10)15)11(14)7-8-3-2-6-16-8/h1-6,11H,7H2. The molecule has 16 heavy (non-hydrogen) atoms. The van der Waals surface area contributed by atoms with E-state index >= 15 is 0 Å². The van der Waals surface area contributed by atoms with Gasteiger partial charge in [-0.1, -0.05) is 29.8 Å². The fourth-order valence-electron chi connectivity index (χ4n) is 1.48. The van der Waals surface area contributed by atoms with Gasteiger partial charge in [0.2, 0.25) is 0 Å². The van der Waals surface area contributed by atoms with Crippen molar-refractivity contribution >= 4 is 34.5 Å². The molecule has 0 fully saturated rings. The third-order valence-electron chi connectivity index (χ3n) is 2.28. The fraction of sp³-hybridized carbons (Fsp3) is 0.167. The highest BCUT2D eigenvalue weighted by molar-refractivity contribution is 7.09. The van der Waals surface area contributed by atoms with Crippen molar-refractivity contribution in [3.05, 3.63) is 57.0 Å². The van der Waals surface area contributed by atoms with Gasteiger partial charge in [0.25, 0.3) is 0 Å². The second-order valence-corrected chi connectivity index (χ2v) is 5.36. The number of hydrogen-bond acceptors (Lipinski definition) is 1. The molecule has 0 amide bonds. The van der Waals surface area contributed by atoms with Crippen LogP contribution in [-0.2, 0) is 6.42 Å². The van der Waals surface area contributed by atoms with Gasteiger partial charge in [-0.05, 0) is 17.5 Å². The Kier molecular flexibility index (Phi) is 3.85. The van der Waals surface area contributed by atoms with Crippen molar-refractivity contribution in [2.24, 2.45) is 0 Å². The van der Waals surface area contributed by atoms with Gasteiger partial charge in [0.05, 0.1) is 10.4 Å². The Bertz CT molecular complexity index is 468. The van der Waals surface area contributed by atoms with E-state index in [0.717, 1.165) is 4.88 Å². The minimum Gasteiger partial charge on any atom is -0.205 e. The van der Waals surface area contributed by atoms with E-state index in [9.17, 15) is 4.39 Å². The van der Waals surface area contributed by atoms with Gasteiger partial charge in [-0.25, -0.2) is 4.39 Å². The van der Waals surface area contributed by atoms with Crippen molar-refractivity contribution < 1.29 is 4.39 Å². The van der Waals surface area contributed by atoms with Crippen molar-refractivity contribution in [2.45, 2.75) is 11.8 Å². The zero-order valence-corrected chi connectivity index (χ0v) is 10.6. The number of rotatable bonds is 3. The van der Waals surface area contributed by atoms with Crippen molar-refractivity contribution in [1.29, 1.82) is 0 Å². The molecule has 0 N–H and O–H groups in total. The van der Waals surface area contributed by atoms with E-state index in [1.165, 1.54) is 6.07 Å². The molecule has 0 bridgehead atoms. The summed E-state index contributed by atoms with van der Waals surface area (Å²) in [5.41, 5.74) is 0.461. The highest BCUT2D eigenvalue weighted by atomic mass is 35.5. The maximum Gasteiger partial charge on any atom is 0.146 e. The lowest BCUT2D eigenvalue weighted by molar-refractivity contribution is 0.606. The molecule has 0 saturated heterocycles. The summed E-state index contributed by atoms with van der Waals surface area (Å²) in [5, 5.41) is 1.72. The van der Waals surface area contributed by atoms with Gasteiger partial charge in [0, 0.05) is 16.9 Å². The minimum absolute atomic E-state index is 0.120. The van der Waals surface area contributed by atoms with E-state index in [0.29, 0.717) is 12.0 Å². The molecule has 0 nitrogen and oxygen atoms in total. The van der Waals surface area contributed by atoms with E-state index < -0.39 is 5.82 Å². The van der Waals surface area contributed by atoms with Crippen LogP contribution in [0.15, 0.2) is 35.7 Å². The van der Waals surface area contributed by atoms with Crippen LogP contribution in [0, 0.1) is 5.82 Å². The topological polar surface area (TPSA) is 0 Å². The smallest absolute Gasteiger partial charge is 0.146 e. The Morgan fingerprint density at radius 1 is 1.25 bits per heavy atom. The summed E-state index contributed by atoms with van der Waals surface area (Å²) in [4.78, 5) is 1.14. The number of hydrogen-bond donors (Lipinski definition) is 0. The van der Waals surface area contributed by atoms with Crippen LogP contribution in [0.1, 0.15) is 15.8 Å². The van der Waals surface area contributed by atoms with E-state index in [4.69, 9.17) is 23.2 Å². The first-order valence-electron chi connectivity index (χ1n) is 4.79. The predicted octanol–water partition coefficient (Wildman–Crippen LogP) is 5.06. The van der Waals surface area contributed by atoms with Crippen LogP contribution < -0.4 is 0 Å². The van der Waals surface area contributed by atoms with Crippen molar-refractivity contribution in [2.75, 3.05) is 0 Å². The molecule has 0 spiro atoms. The first-order chi connectivity index (χ1) is 7.68. The molecule has 0 aliphatic heterocycles. The lowest BCUT2D eigenvalue weighted by Gasteiger charge is -2.10. The number of alkyl halides is 1. The van der Waals surface area contributed by atoms with Crippen LogP contribution in [0.5, 0.6) is 0 Å². The molecule has 0 saturated carbocycles. The van der Waals surface area contributed by atoms with Crippen LogP contribution in [0.4, 0.5) is 4.39 Å². The molecule has 1 atom stereocenters. The molecule has 2 rings (SSSR count). The lowest BCUT2D eigenvalue weighted by atomic mass is 10.1. The number of benzene rings is 1. The average Bonchev–Trinajstić information content (AvgIpc) is 2.74.